The van der Waals surface area contributed by atoms with Crippen LogP contribution < -0.4 is 0 Å². The average molecular weight is 203 g/mol. The van der Waals surface area contributed by atoms with Gasteiger partial charge in [0.05, 0.1) is 0 Å². The molecule has 0 radical (unpaired) electrons. The highest BCUT2D eigenvalue weighted by molar-refractivity contribution is 4.99. The van der Waals surface area contributed by atoms with E-state index in [0.717, 1.165) is 24.4 Å². The van der Waals surface area contributed by atoms with E-state index >= 15 is 0 Å². The minimum Gasteiger partial charge on any atom is -0.396 e. The molecule has 0 atom stereocenters. The van der Waals surface area contributed by atoms with Crippen LogP contribution in [0.15, 0.2) is 6.20 Å². The van der Waals surface area contributed by atoms with Gasteiger partial charge in [0.2, 0.25) is 0 Å². The zero-order valence-electron chi connectivity index (χ0n) is 7.80. The number of nitrogens with zero attached hydrogens (tertiary/aromatic N) is 2. The van der Waals surface area contributed by atoms with Crippen molar-refractivity contribution in [3.8, 4) is 0 Å². The summed E-state index contributed by atoms with van der Waals surface area (Å²) in [5.41, 5.74) is 1.10. The number of H-pyrrole nitrogens is 1. The van der Waals surface area contributed by atoms with E-state index in [0.29, 0.717) is 0 Å². The molecular weight excluding hydrogens is 190 g/mol. The van der Waals surface area contributed by atoms with Gasteiger partial charge in [-0.2, -0.15) is 0 Å². The van der Waals surface area contributed by atoms with Gasteiger partial charge in [0, 0.05) is 18.5 Å². The summed E-state index contributed by atoms with van der Waals surface area (Å²) in [5.74, 6) is 0.938. The number of aromatic amines is 1. The Kier molecular flexibility index (Phi) is 6.04. The van der Waals surface area contributed by atoms with E-state index in [1.807, 2.05) is 13.1 Å². The summed E-state index contributed by atoms with van der Waals surface area (Å²) in [6.07, 6.45) is 3.50. The molecule has 0 unspecified atom stereocenters. The Morgan fingerprint density at radius 3 is 2.64 bits per heavy atom. The Morgan fingerprint density at radius 1 is 1.71 bits per heavy atom. The average Bonchev–Trinajstić information content (AvgIpc) is 2.47. The molecule has 1 heterocycles. The zero-order chi connectivity index (χ0) is 11.0. The van der Waals surface area contributed by atoms with Crippen molar-refractivity contribution >= 4 is 0 Å². The second-order valence-electron chi connectivity index (χ2n) is 2.56. The van der Waals surface area contributed by atoms with Crippen LogP contribution in [-0.2, 0) is 6.42 Å². The van der Waals surface area contributed by atoms with E-state index < -0.39 is 5.09 Å². The number of aromatic nitrogens is 2. The molecule has 0 amide bonds. The normalized spacial score (nSPS) is 9.00. The van der Waals surface area contributed by atoms with Crippen LogP contribution in [0.4, 0.5) is 0 Å². The van der Waals surface area contributed by atoms with E-state index in [-0.39, 0.29) is 6.61 Å². The topological polar surface area (TPSA) is 112 Å². The summed E-state index contributed by atoms with van der Waals surface area (Å²) >= 11 is 0. The fourth-order valence-corrected chi connectivity index (χ4v) is 0.868. The molecule has 1 aromatic rings. The van der Waals surface area contributed by atoms with Crippen molar-refractivity contribution in [3.05, 3.63) is 27.8 Å². The quantitative estimate of drug-likeness (QED) is 0.483. The number of rotatable bonds is 3. The number of hydrogen-bond acceptors (Lipinski definition) is 4. The Labute approximate surface area is 80.5 Å². The molecule has 3 N–H and O–H groups in total. The van der Waals surface area contributed by atoms with Gasteiger partial charge in [-0.05, 0) is 19.8 Å². The van der Waals surface area contributed by atoms with Gasteiger partial charge >= 0.3 is 0 Å². The van der Waals surface area contributed by atoms with E-state index in [9.17, 15) is 0 Å². The van der Waals surface area contributed by atoms with E-state index in [1.165, 1.54) is 0 Å². The lowest BCUT2D eigenvalue weighted by atomic mass is 10.3. The summed E-state index contributed by atoms with van der Waals surface area (Å²) in [7, 11) is 0. The summed E-state index contributed by atoms with van der Waals surface area (Å²) in [4.78, 5) is 15.5. The van der Waals surface area contributed by atoms with Crippen molar-refractivity contribution < 1.29 is 15.4 Å². The van der Waals surface area contributed by atoms with Gasteiger partial charge in [-0.25, -0.2) is 4.98 Å². The van der Waals surface area contributed by atoms with Crippen LogP contribution in [0.2, 0.25) is 0 Å². The Balaban J connectivity index is 0.000000364. The van der Waals surface area contributed by atoms with Crippen LogP contribution in [-0.4, -0.2) is 32.0 Å². The van der Waals surface area contributed by atoms with Crippen molar-refractivity contribution in [1.29, 1.82) is 0 Å². The predicted molar refractivity (Wildman–Crippen MR) is 47.5 cm³/mol. The summed E-state index contributed by atoms with van der Waals surface area (Å²) < 4.78 is 0. The second-order valence-corrected chi connectivity index (χ2v) is 2.56. The number of aliphatic hydroxyl groups is 1. The summed E-state index contributed by atoms with van der Waals surface area (Å²) in [5, 5.41) is 22.1. The van der Waals surface area contributed by atoms with Crippen LogP contribution in [0.1, 0.15) is 17.9 Å². The molecule has 0 bridgehead atoms. The molecule has 0 saturated carbocycles. The zero-order valence-corrected chi connectivity index (χ0v) is 7.80. The number of aryl methyl sites for hydroxylation is 2. The Morgan fingerprint density at radius 2 is 2.29 bits per heavy atom. The monoisotopic (exact) mass is 203 g/mol. The number of nitrogens with one attached hydrogen (secondary N) is 1. The molecule has 0 aliphatic carbocycles. The molecule has 0 aromatic carbocycles. The van der Waals surface area contributed by atoms with Crippen LogP contribution in [0.25, 0.3) is 0 Å². The third-order valence-electron chi connectivity index (χ3n) is 1.36. The van der Waals surface area contributed by atoms with Gasteiger partial charge in [0.25, 0.3) is 5.09 Å². The van der Waals surface area contributed by atoms with Crippen molar-refractivity contribution in [2.45, 2.75) is 19.8 Å². The molecule has 0 saturated heterocycles. The highest BCUT2D eigenvalue weighted by atomic mass is 16.9. The van der Waals surface area contributed by atoms with E-state index in [4.69, 9.17) is 20.4 Å². The van der Waals surface area contributed by atoms with Gasteiger partial charge in [-0.1, -0.05) is 0 Å². The molecule has 7 heteroatoms. The molecule has 7 nitrogen and oxygen atoms in total. The fraction of sp³-hybridized carbons (Fsp3) is 0.571. The molecule has 80 valence electrons. The van der Waals surface area contributed by atoms with Gasteiger partial charge < -0.3 is 15.3 Å². The maximum Gasteiger partial charge on any atom is 0.291 e. The number of imidazole rings is 1. The smallest absolute Gasteiger partial charge is 0.291 e. The number of aliphatic hydroxyl groups excluding tert-OH is 1. The van der Waals surface area contributed by atoms with Gasteiger partial charge in [-0.3, -0.25) is 0 Å². The molecule has 0 aliphatic heterocycles. The van der Waals surface area contributed by atoms with Gasteiger partial charge in [-0.15, -0.1) is 10.1 Å². The van der Waals surface area contributed by atoms with Crippen LogP contribution in [0.3, 0.4) is 0 Å². The highest BCUT2D eigenvalue weighted by Gasteiger charge is 1.94. The van der Waals surface area contributed by atoms with Gasteiger partial charge in [0.1, 0.15) is 5.82 Å². The first kappa shape index (κ1) is 12.4. The van der Waals surface area contributed by atoms with Crippen LogP contribution in [0, 0.1) is 17.0 Å². The maximum absolute atomic E-state index is 8.50. The lowest BCUT2D eigenvalue weighted by Crippen LogP contribution is -1.88. The van der Waals surface area contributed by atoms with Gasteiger partial charge in [0.15, 0.2) is 0 Å². The van der Waals surface area contributed by atoms with Crippen LogP contribution in [0.5, 0.6) is 0 Å². The molecule has 0 spiro atoms. The van der Waals surface area contributed by atoms with E-state index in [2.05, 4.69) is 9.97 Å². The SMILES string of the molecule is Cc1ncc(CCCO)[nH]1.O=[N+]([O-])O. The third-order valence-corrected chi connectivity index (χ3v) is 1.36. The largest absolute Gasteiger partial charge is 0.396 e. The third kappa shape index (κ3) is 7.04. The molecule has 0 aliphatic rings. The Bertz CT molecular complexity index is 270. The van der Waals surface area contributed by atoms with Crippen molar-refractivity contribution in [2.24, 2.45) is 0 Å². The molecule has 0 fully saturated rings. The fourth-order valence-electron chi connectivity index (χ4n) is 0.868. The summed E-state index contributed by atoms with van der Waals surface area (Å²) in [6.45, 7) is 2.17. The van der Waals surface area contributed by atoms with Crippen molar-refractivity contribution in [2.75, 3.05) is 6.61 Å². The minimum atomic E-state index is -1.50. The lowest BCUT2D eigenvalue weighted by Gasteiger charge is -1.91. The van der Waals surface area contributed by atoms with Crippen molar-refractivity contribution in [1.82, 2.24) is 9.97 Å². The maximum atomic E-state index is 8.50. The molecular formula is C7H13N3O4. The molecule has 14 heavy (non-hydrogen) atoms. The first-order chi connectivity index (χ1) is 6.56. The highest BCUT2D eigenvalue weighted by Crippen LogP contribution is 1.98. The molecule has 1 rings (SSSR count). The Hall–Kier alpha value is -1.63. The molecule has 1 aromatic heterocycles. The minimum absolute atomic E-state index is 0.248. The van der Waals surface area contributed by atoms with E-state index in [1.54, 1.807) is 0 Å². The standard InChI is InChI=1S/C7H12N2O.HNO3/c1-6-8-5-7(9-6)3-2-4-10;2-1(3)4/h5,10H,2-4H2,1H3,(H,8,9);(H,2,3,4). The lowest BCUT2D eigenvalue weighted by molar-refractivity contribution is -0.742. The summed E-state index contributed by atoms with van der Waals surface area (Å²) in [6, 6.07) is 0. The first-order valence-corrected chi connectivity index (χ1v) is 4.01. The predicted octanol–water partition coefficient (Wildman–Crippen LogP) is 0.295. The number of hydrogen-bond donors (Lipinski definition) is 3. The first-order valence-electron chi connectivity index (χ1n) is 4.01. The van der Waals surface area contributed by atoms with Crippen LogP contribution >= 0.6 is 0 Å². The van der Waals surface area contributed by atoms with Crippen molar-refractivity contribution in [3.63, 3.8) is 0 Å². The second kappa shape index (κ2) is 6.84.